The van der Waals surface area contributed by atoms with Gasteiger partial charge in [0.05, 0.1) is 0 Å². The first-order valence-electron chi connectivity index (χ1n) is 6.14. The van der Waals surface area contributed by atoms with Crippen LogP contribution in [0, 0.1) is 0 Å². The molecule has 0 aliphatic heterocycles. The maximum atomic E-state index is 10.8. The summed E-state index contributed by atoms with van der Waals surface area (Å²) >= 11 is 0. The third kappa shape index (κ3) is 6.27. The highest BCUT2D eigenvalue weighted by Crippen LogP contribution is 2.17. The molecule has 0 aliphatic rings. The van der Waals surface area contributed by atoms with Crippen molar-refractivity contribution in [3.05, 3.63) is 29.8 Å². The molecule has 0 aromatic heterocycles. The molecule has 94 valence electrons. The molecule has 0 saturated heterocycles. The molecule has 0 N–H and O–H groups in total. The quantitative estimate of drug-likeness (QED) is 0.450. The van der Waals surface area contributed by atoms with Crippen molar-refractivity contribution in [2.75, 3.05) is 0 Å². The molecule has 0 spiro atoms. The van der Waals surface area contributed by atoms with Gasteiger partial charge in [0.2, 0.25) is 0 Å². The third-order valence-corrected chi connectivity index (χ3v) is 4.43. The molecule has 0 amide bonds. The molecule has 0 unspecified atom stereocenters. The number of hydrogen-bond donors (Lipinski definition) is 0. The lowest BCUT2D eigenvalue weighted by Gasteiger charge is -2.15. The SMILES string of the molecule is CC(=O)Oc1ccc(CCC[Si](C)(C)C)cc1. The molecule has 0 saturated carbocycles. The predicted octanol–water partition coefficient (Wildman–Crippen LogP) is 3.88. The Labute approximate surface area is 105 Å². The van der Waals surface area contributed by atoms with Crippen LogP contribution >= 0.6 is 0 Å². The Hall–Kier alpha value is -1.09. The van der Waals surface area contributed by atoms with Gasteiger partial charge in [-0.05, 0) is 24.1 Å². The van der Waals surface area contributed by atoms with Gasteiger partial charge in [0, 0.05) is 15.0 Å². The van der Waals surface area contributed by atoms with Gasteiger partial charge in [-0.15, -0.1) is 0 Å². The van der Waals surface area contributed by atoms with Crippen LogP contribution in [0.1, 0.15) is 18.9 Å². The van der Waals surface area contributed by atoms with Crippen LogP contribution in [0.3, 0.4) is 0 Å². The maximum Gasteiger partial charge on any atom is 0.308 e. The van der Waals surface area contributed by atoms with Crippen molar-refractivity contribution in [1.82, 2.24) is 0 Å². The summed E-state index contributed by atoms with van der Waals surface area (Å²) in [6.07, 6.45) is 2.37. The normalized spacial score (nSPS) is 11.3. The standard InChI is InChI=1S/C14H22O2Si/c1-12(15)16-14-9-7-13(8-10-14)6-5-11-17(2,3)4/h7-10H,5-6,11H2,1-4H3. The summed E-state index contributed by atoms with van der Waals surface area (Å²) in [6.45, 7) is 8.62. The highest BCUT2D eigenvalue weighted by molar-refractivity contribution is 6.76. The van der Waals surface area contributed by atoms with Crippen molar-refractivity contribution in [3.8, 4) is 5.75 Å². The first kappa shape index (κ1) is 14.0. The van der Waals surface area contributed by atoms with Gasteiger partial charge < -0.3 is 4.74 Å². The fourth-order valence-corrected chi connectivity index (χ4v) is 2.95. The lowest BCUT2D eigenvalue weighted by molar-refractivity contribution is -0.131. The van der Waals surface area contributed by atoms with E-state index in [1.807, 2.05) is 24.3 Å². The van der Waals surface area contributed by atoms with E-state index in [2.05, 4.69) is 19.6 Å². The average molecular weight is 250 g/mol. The minimum Gasteiger partial charge on any atom is -0.427 e. The van der Waals surface area contributed by atoms with Gasteiger partial charge in [-0.2, -0.15) is 0 Å². The molecule has 1 rings (SSSR count). The Morgan fingerprint density at radius 2 is 1.76 bits per heavy atom. The number of hydrogen-bond acceptors (Lipinski definition) is 2. The first-order valence-corrected chi connectivity index (χ1v) is 9.85. The number of carbonyl (C=O) groups is 1. The first-order chi connectivity index (χ1) is 7.87. The summed E-state index contributed by atoms with van der Waals surface area (Å²) in [6, 6.07) is 9.18. The molecule has 0 heterocycles. The van der Waals surface area contributed by atoms with Crippen LogP contribution in [-0.2, 0) is 11.2 Å². The molecular formula is C14H22O2Si. The zero-order valence-electron chi connectivity index (χ0n) is 11.2. The van der Waals surface area contributed by atoms with Crippen molar-refractivity contribution in [1.29, 1.82) is 0 Å². The van der Waals surface area contributed by atoms with Crippen LogP contribution in [0.15, 0.2) is 24.3 Å². The van der Waals surface area contributed by atoms with Crippen LogP contribution in [0.4, 0.5) is 0 Å². The van der Waals surface area contributed by atoms with Crippen molar-refractivity contribution in [2.45, 2.75) is 45.5 Å². The van der Waals surface area contributed by atoms with E-state index < -0.39 is 8.07 Å². The summed E-state index contributed by atoms with van der Waals surface area (Å²) in [5.41, 5.74) is 1.32. The summed E-state index contributed by atoms with van der Waals surface area (Å²) in [5, 5.41) is 0. The Balaban J connectivity index is 2.43. The lowest BCUT2D eigenvalue weighted by Crippen LogP contribution is -2.18. The van der Waals surface area contributed by atoms with Crippen LogP contribution in [0.5, 0.6) is 5.75 Å². The number of aryl methyl sites for hydroxylation is 1. The van der Waals surface area contributed by atoms with Gasteiger partial charge in [-0.3, -0.25) is 4.79 Å². The van der Waals surface area contributed by atoms with E-state index in [1.54, 1.807) is 0 Å². The number of benzene rings is 1. The van der Waals surface area contributed by atoms with E-state index in [0.717, 1.165) is 6.42 Å². The zero-order valence-corrected chi connectivity index (χ0v) is 12.2. The number of ether oxygens (including phenoxy) is 1. The molecule has 0 atom stereocenters. The van der Waals surface area contributed by atoms with Gasteiger partial charge in [0.15, 0.2) is 0 Å². The van der Waals surface area contributed by atoms with Crippen LogP contribution in [-0.4, -0.2) is 14.0 Å². The molecule has 1 aromatic carbocycles. The van der Waals surface area contributed by atoms with Gasteiger partial charge in [0.25, 0.3) is 0 Å². The summed E-state index contributed by atoms with van der Waals surface area (Å²) in [4.78, 5) is 10.8. The third-order valence-electron chi connectivity index (χ3n) is 2.58. The van der Waals surface area contributed by atoms with Gasteiger partial charge in [-0.25, -0.2) is 0 Å². The highest BCUT2D eigenvalue weighted by atomic mass is 28.3. The second-order valence-electron chi connectivity index (χ2n) is 5.65. The van der Waals surface area contributed by atoms with Crippen molar-refractivity contribution < 1.29 is 9.53 Å². The van der Waals surface area contributed by atoms with Crippen LogP contribution < -0.4 is 4.74 Å². The minimum absolute atomic E-state index is 0.267. The monoisotopic (exact) mass is 250 g/mol. The minimum atomic E-state index is -0.913. The largest absolute Gasteiger partial charge is 0.427 e. The van der Waals surface area contributed by atoms with E-state index in [-0.39, 0.29) is 5.97 Å². The van der Waals surface area contributed by atoms with Crippen molar-refractivity contribution >= 4 is 14.0 Å². The van der Waals surface area contributed by atoms with E-state index >= 15 is 0 Å². The molecule has 0 fully saturated rings. The Morgan fingerprint density at radius 1 is 1.18 bits per heavy atom. The Bertz CT molecular complexity index is 363. The second-order valence-corrected chi connectivity index (χ2v) is 11.3. The summed E-state index contributed by atoms with van der Waals surface area (Å²) in [7, 11) is -0.913. The number of carbonyl (C=O) groups excluding carboxylic acids is 1. The smallest absolute Gasteiger partial charge is 0.308 e. The van der Waals surface area contributed by atoms with E-state index in [9.17, 15) is 4.79 Å². The van der Waals surface area contributed by atoms with E-state index in [1.165, 1.54) is 25.0 Å². The average Bonchev–Trinajstić information content (AvgIpc) is 2.18. The Morgan fingerprint density at radius 3 is 2.24 bits per heavy atom. The molecule has 0 aliphatic carbocycles. The van der Waals surface area contributed by atoms with Crippen LogP contribution in [0.25, 0.3) is 0 Å². The van der Waals surface area contributed by atoms with Gasteiger partial charge in [-0.1, -0.05) is 44.2 Å². The molecular weight excluding hydrogens is 228 g/mol. The maximum absolute atomic E-state index is 10.8. The van der Waals surface area contributed by atoms with Gasteiger partial charge >= 0.3 is 5.97 Å². The molecule has 3 heteroatoms. The fourth-order valence-electron chi connectivity index (χ4n) is 1.71. The fraction of sp³-hybridized carbons (Fsp3) is 0.500. The highest BCUT2D eigenvalue weighted by Gasteiger charge is 2.11. The number of rotatable bonds is 5. The lowest BCUT2D eigenvalue weighted by atomic mass is 10.1. The molecule has 0 bridgehead atoms. The van der Waals surface area contributed by atoms with E-state index in [4.69, 9.17) is 4.74 Å². The second kappa shape index (κ2) is 6.01. The summed E-state index contributed by atoms with van der Waals surface area (Å²) < 4.78 is 5.00. The molecule has 1 aromatic rings. The molecule has 2 nitrogen and oxygen atoms in total. The van der Waals surface area contributed by atoms with Crippen molar-refractivity contribution in [3.63, 3.8) is 0 Å². The zero-order chi connectivity index (χ0) is 12.9. The van der Waals surface area contributed by atoms with Crippen molar-refractivity contribution in [2.24, 2.45) is 0 Å². The van der Waals surface area contributed by atoms with Crippen LogP contribution in [0.2, 0.25) is 25.7 Å². The van der Waals surface area contributed by atoms with Gasteiger partial charge in [0.1, 0.15) is 5.75 Å². The molecule has 17 heavy (non-hydrogen) atoms. The Kier molecular flexibility index (Phi) is 4.94. The number of esters is 1. The molecule has 0 radical (unpaired) electrons. The topological polar surface area (TPSA) is 26.3 Å². The van der Waals surface area contributed by atoms with E-state index in [0.29, 0.717) is 5.75 Å². The summed E-state index contributed by atoms with van der Waals surface area (Å²) in [5.74, 6) is 0.364. The predicted molar refractivity (Wildman–Crippen MR) is 74.2 cm³/mol.